The first kappa shape index (κ1) is 17.8. The average Bonchev–Trinajstić information content (AvgIpc) is 3.39. The second kappa shape index (κ2) is 7.94. The summed E-state index contributed by atoms with van der Waals surface area (Å²) in [5, 5.41) is 8.55. The van der Waals surface area contributed by atoms with Crippen molar-refractivity contribution in [1.82, 2.24) is 29.6 Å². The molecule has 7 nitrogen and oxygen atoms in total. The Labute approximate surface area is 162 Å². The molecule has 0 amide bonds. The number of furan rings is 1. The van der Waals surface area contributed by atoms with Crippen molar-refractivity contribution in [3.8, 4) is 0 Å². The van der Waals surface area contributed by atoms with Crippen LogP contribution in [0.15, 0.2) is 47.7 Å². The van der Waals surface area contributed by atoms with Gasteiger partial charge in [0.1, 0.15) is 22.2 Å². The summed E-state index contributed by atoms with van der Waals surface area (Å²) in [4.78, 5) is 10.8. The maximum Gasteiger partial charge on any atom is 0.133 e. The minimum atomic E-state index is 0.521. The molecule has 4 heterocycles. The molecule has 4 aromatic heterocycles. The summed E-state index contributed by atoms with van der Waals surface area (Å²) in [5.74, 6) is 1.88. The third kappa shape index (κ3) is 4.20. The molecule has 8 heteroatoms. The van der Waals surface area contributed by atoms with Gasteiger partial charge in [-0.3, -0.25) is 15.0 Å². The summed E-state index contributed by atoms with van der Waals surface area (Å²) in [6, 6.07) is 4.03. The Hall–Kier alpha value is -2.64. The number of pyridine rings is 1. The Balaban J connectivity index is 1.50. The van der Waals surface area contributed by atoms with E-state index in [1.54, 1.807) is 12.4 Å². The van der Waals surface area contributed by atoms with E-state index in [4.69, 9.17) is 16.0 Å². The molecule has 27 heavy (non-hydrogen) atoms. The van der Waals surface area contributed by atoms with Crippen molar-refractivity contribution < 1.29 is 4.42 Å². The Morgan fingerprint density at radius 2 is 2.15 bits per heavy atom. The summed E-state index contributed by atoms with van der Waals surface area (Å²) in [5.41, 5.74) is 1.91. The molecule has 0 aliphatic carbocycles. The van der Waals surface area contributed by atoms with E-state index in [1.807, 2.05) is 37.8 Å². The number of hydrogen-bond acceptors (Lipinski definition) is 5. The third-order valence-electron chi connectivity index (χ3n) is 4.51. The van der Waals surface area contributed by atoms with Gasteiger partial charge in [0.05, 0.1) is 18.3 Å². The molecule has 0 aromatic carbocycles. The van der Waals surface area contributed by atoms with Gasteiger partial charge < -0.3 is 8.98 Å². The lowest BCUT2D eigenvalue weighted by Crippen LogP contribution is -2.25. The summed E-state index contributed by atoms with van der Waals surface area (Å²) in [6.45, 7) is 5.24. The van der Waals surface area contributed by atoms with Crippen LogP contribution >= 0.6 is 11.6 Å². The van der Waals surface area contributed by atoms with E-state index in [2.05, 4.69) is 29.6 Å². The van der Waals surface area contributed by atoms with Crippen molar-refractivity contribution in [1.29, 1.82) is 0 Å². The van der Waals surface area contributed by atoms with E-state index in [1.165, 1.54) is 0 Å². The highest BCUT2D eigenvalue weighted by Gasteiger charge is 2.14. The second-order valence-electron chi connectivity index (χ2n) is 6.61. The quantitative estimate of drug-likeness (QED) is 0.500. The van der Waals surface area contributed by atoms with Crippen LogP contribution in [0, 0.1) is 6.92 Å². The van der Waals surface area contributed by atoms with E-state index >= 15 is 0 Å². The highest BCUT2D eigenvalue weighted by atomic mass is 35.5. The summed E-state index contributed by atoms with van der Waals surface area (Å²) < 4.78 is 7.87. The first-order valence-electron chi connectivity index (χ1n) is 8.89. The van der Waals surface area contributed by atoms with Gasteiger partial charge in [0.25, 0.3) is 0 Å². The van der Waals surface area contributed by atoms with Crippen molar-refractivity contribution in [3.05, 3.63) is 65.5 Å². The molecule has 0 saturated heterocycles. The van der Waals surface area contributed by atoms with Gasteiger partial charge in [0, 0.05) is 50.0 Å². The zero-order valence-electron chi connectivity index (χ0n) is 15.1. The number of nitrogens with zero attached hydrogens (tertiary/aromatic N) is 5. The van der Waals surface area contributed by atoms with Crippen LogP contribution in [-0.4, -0.2) is 36.2 Å². The molecule has 4 rings (SSSR count). The van der Waals surface area contributed by atoms with Crippen molar-refractivity contribution >= 4 is 22.5 Å². The van der Waals surface area contributed by atoms with Gasteiger partial charge in [0.2, 0.25) is 0 Å². The molecule has 0 atom stereocenters. The van der Waals surface area contributed by atoms with E-state index in [-0.39, 0.29) is 0 Å². The smallest absolute Gasteiger partial charge is 0.133 e. The first-order chi connectivity index (χ1) is 13.2. The molecule has 0 fully saturated rings. The van der Waals surface area contributed by atoms with Gasteiger partial charge in [-0.2, -0.15) is 5.10 Å². The predicted octanol–water partition coefficient (Wildman–Crippen LogP) is 3.80. The molecule has 0 bridgehead atoms. The minimum absolute atomic E-state index is 0.521. The average molecular weight is 385 g/mol. The third-order valence-corrected chi connectivity index (χ3v) is 4.80. The number of rotatable bonds is 8. The van der Waals surface area contributed by atoms with Crippen LogP contribution in [0.2, 0.25) is 5.15 Å². The number of aromatic nitrogens is 5. The maximum absolute atomic E-state index is 6.16. The number of imidazole rings is 1. The highest BCUT2D eigenvalue weighted by Crippen LogP contribution is 2.23. The standard InChI is InChI=1S/C19H21ClN6O/c1-14-3-4-16(27-14)12-26(7-2-6-25-8-5-21-13-25)11-15-9-22-10-17-18(15)23-24-19(17)20/h3-5,8-10,13H,2,6-7,11-12H2,1H3,(H,23,24). The van der Waals surface area contributed by atoms with E-state index in [0.29, 0.717) is 5.15 Å². The van der Waals surface area contributed by atoms with Gasteiger partial charge in [0.15, 0.2) is 0 Å². The molecular formula is C19H21ClN6O. The van der Waals surface area contributed by atoms with Gasteiger partial charge >= 0.3 is 0 Å². The molecular weight excluding hydrogens is 364 g/mol. The zero-order valence-corrected chi connectivity index (χ0v) is 15.9. The predicted molar refractivity (Wildman–Crippen MR) is 103 cm³/mol. The normalized spacial score (nSPS) is 11.7. The molecule has 0 unspecified atom stereocenters. The van der Waals surface area contributed by atoms with Crippen LogP contribution in [0.4, 0.5) is 0 Å². The summed E-state index contributed by atoms with van der Waals surface area (Å²) >= 11 is 6.16. The van der Waals surface area contributed by atoms with Gasteiger partial charge in [-0.1, -0.05) is 11.6 Å². The number of hydrogen-bond donors (Lipinski definition) is 1. The number of H-pyrrole nitrogens is 1. The Morgan fingerprint density at radius 1 is 1.22 bits per heavy atom. The Morgan fingerprint density at radius 3 is 2.93 bits per heavy atom. The van der Waals surface area contributed by atoms with Crippen molar-refractivity contribution in [2.24, 2.45) is 0 Å². The lowest BCUT2D eigenvalue weighted by Gasteiger charge is -2.21. The van der Waals surface area contributed by atoms with E-state index in [9.17, 15) is 0 Å². The monoisotopic (exact) mass is 384 g/mol. The lowest BCUT2D eigenvalue weighted by atomic mass is 10.2. The molecule has 0 spiro atoms. The van der Waals surface area contributed by atoms with Gasteiger partial charge in [-0.15, -0.1) is 0 Å². The molecule has 1 N–H and O–H groups in total. The second-order valence-corrected chi connectivity index (χ2v) is 6.99. The van der Waals surface area contributed by atoms with Crippen molar-refractivity contribution in [3.63, 3.8) is 0 Å². The van der Waals surface area contributed by atoms with Crippen molar-refractivity contribution in [2.45, 2.75) is 33.0 Å². The van der Waals surface area contributed by atoms with Gasteiger partial charge in [-0.25, -0.2) is 4.98 Å². The number of halogens is 1. The zero-order chi connectivity index (χ0) is 18.6. The summed E-state index contributed by atoms with van der Waals surface area (Å²) in [6.07, 6.45) is 10.2. The SMILES string of the molecule is Cc1ccc(CN(CCCn2ccnc2)Cc2cncc3c(Cl)[nH]nc23)o1. The number of aryl methyl sites for hydroxylation is 2. The fourth-order valence-electron chi connectivity index (χ4n) is 3.21. The van der Waals surface area contributed by atoms with Crippen LogP contribution in [0.5, 0.6) is 0 Å². The Kier molecular flexibility index (Phi) is 5.22. The topological polar surface area (TPSA) is 75.8 Å². The number of aromatic amines is 1. The van der Waals surface area contributed by atoms with E-state index in [0.717, 1.165) is 60.6 Å². The maximum atomic E-state index is 6.16. The van der Waals surface area contributed by atoms with E-state index < -0.39 is 0 Å². The largest absolute Gasteiger partial charge is 0.465 e. The highest BCUT2D eigenvalue weighted by molar-refractivity contribution is 6.34. The number of nitrogens with one attached hydrogen (secondary N) is 1. The fraction of sp³-hybridized carbons (Fsp3) is 0.316. The molecule has 0 aliphatic rings. The Bertz CT molecular complexity index is 1010. The molecule has 4 aromatic rings. The number of fused-ring (bicyclic) bond motifs is 1. The molecule has 0 radical (unpaired) electrons. The van der Waals surface area contributed by atoms with Crippen LogP contribution in [0.3, 0.4) is 0 Å². The fourth-order valence-corrected chi connectivity index (χ4v) is 3.39. The van der Waals surface area contributed by atoms with Crippen LogP contribution < -0.4 is 0 Å². The van der Waals surface area contributed by atoms with Gasteiger partial charge in [-0.05, 0) is 25.5 Å². The van der Waals surface area contributed by atoms with Crippen LogP contribution in [0.1, 0.15) is 23.5 Å². The molecule has 140 valence electrons. The molecule has 0 aliphatic heterocycles. The first-order valence-corrected chi connectivity index (χ1v) is 9.26. The lowest BCUT2D eigenvalue weighted by molar-refractivity contribution is 0.228. The summed E-state index contributed by atoms with van der Waals surface area (Å²) in [7, 11) is 0. The van der Waals surface area contributed by atoms with Crippen molar-refractivity contribution in [2.75, 3.05) is 6.54 Å². The molecule has 0 saturated carbocycles. The van der Waals surface area contributed by atoms with Crippen LogP contribution in [0.25, 0.3) is 10.9 Å². The van der Waals surface area contributed by atoms with Crippen LogP contribution in [-0.2, 0) is 19.6 Å². The minimum Gasteiger partial charge on any atom is -0.465 e.